The fourth-order valence-electron chi connectivity index (χ4n) is 4.26. The van der Waals surface area contributed by atoms with Gasteiger partial charge in [-0.1, -0.05) is 48.5 Å². The highest BCUT2D eigenvalue weighted by molar-refractivity contribution is 6.09. The lowest BCUT2D eigenvalue weighted by Gasteiger charge is -2.24. The van der Waals surface area contributed by atoms with Crippen LogP contribution in [-0.4, -0.2) is 60.3 Å². The van der Waals surface area contributed by atoms with Crippen LogP contribution in [0.3, 0.4) is 0 Å². The molecule has 0 unspecified atom stereocenters. The second-order valence-corrected chi connectivity index (χ2v) is 8.66. The highest BCUT2D eigenvalue weighted by atomic mass is 16.5. The summed E-state index contributed by atoms with van der Waals surface area (Å²) >= 11 is 0. The van der Waals surface area contributed by atoms with Gasteiger partial charge in [-0.05, 0) is 48.4 Å². The topological polar surface area (TPSA) is 108 Å². The van der Waals surface area contributed by atoms with Gasteiger partial charge in [0.15, 0.2) is 0 Å². The molecule has 0 aromatic heterocycles. The number of rotatable bonds is 8. The fourth-order valence-corrected chi connectivity index (χ4v) is 4.26. The Morgan fingerprint density at radius 1 is 1.03 bits per heavy atom. The minimum absolute atomic E-state index is 0.226. The number of methoxy groups -OCH3 is 1. The van der Waals surface area contributed by atoms with Gasteiger partial charge < -0.3 is 20.3 Å². The molecule has 3 aromatic carbocycles. The summed E-state index contributed by atoms with van der Waals surface area (Å²) in [5, 5.41) is 7.41. The average Bonchev–Trinajstić information content (AvgIpc) is 3.10. The molecule has 1 saturated heterocycles. The van der Waals surface area contributed by atoms with Crippen molar-refractivity contribution in [2.24, 2.45) is 0 Å². The number of nitrogens with zero attached hydrogens (tertiary/aromatic N) is 2. The van der Waals surface area contributed by atoms with Gasteiger partial charge in [-0.3, -0.25) is 19.3 Å². The molecule has 1 heterocycles. The molecular weight excluding hydrogens is 460 g/mol. The molecule has 1 atom stereocenters. The third-order valence-corrected chi connectivity index (χ3v) is 6.35. The van der Waals surface area contributed by atoms with Gasteiger partial charge in [-0.15, -0.1) is 0 Å². The number of fused-ring (bicyclic) bond motifs is 1. The smallest absolute Gasteiger partial charge is 0.325 e. The van der Waals surface area contributed by atoms with E-state index in [1.807, 2.05) is 36.4 Å². The SMILES string of the molecule is CCN(CC(=O)Nc1ccccc1OC)C(=O)CN1C(=O)N[C@](C)(c2ccc3ccccc3c2)C1=O. The van der Waals surface area contributed by atoms with Gasteiger partial charge >= 0.3 is 6.03 Å². The second kappa shape index (κ2) is 10.1. The van der Waals surface area contributed by atoms with Crippen molar-refractivity contribution in [2.75, 3.05) is 32.1 Å². The van der Waals surface area contributed by atoms with Crippen molar-refractivity contribution in [1.29, 1.82) is 0 Å². The van der Waals surface area contributed by atoms with Crippen molar-refractivity contribution in [3.8, 4) is 5.75 Å². The summed E-state index contributed by atoms with van der Waals surface area (Å²) in [5.74, 6) is -0.968. The first-order valence-electron chi connectivity index (χ1n) is 11.6. The summed E-state index contributed by atoms with van der Waals surface area (Å²) in [6.07, 6.45) is 0. The summed E-state index contributed by atoms with van der Waals surface area (Å²) in [6.45, 7) is 2.87. The van der Waals surface area contributed by atoms with Crippen LogP contribution in [0.15, 0.2) is 66.7 Å². The first kappa shape index (κ1) is 24.7. The van der Waals surface area contributed by atoms with Crippen molar-refractivity contribution in [3.63, 3.8) is 0 Å². The summed E-state index contributed by atoms with van der Waals surface area (Å²) in [7, 11) is 1.50. The van der Waals surface area contributed by atoms with Crippen LogP contribution >= 0.6 is 0 Å². The van der Waals surface area contributed by atoms with E-state index < -0.39 is 35.8 Å². The van der Waals surface area contributed by atoms with Gasteiger partial charge in [0, 0.05) is 6.54 Å². The van der Waals surface area contributed by atoms with Crippen LogP contribution in [0.2, 0.25) is 0 Å². The molecule has 4 rings (SSSR count). The van der Waals surface area contributed by atoms with Gasteiger partial charge in [-0.25, -0.2) is 4.79 Å². The normalized spacial score (nSPS) is 17.1. The van der Waals surface area contributed by atoms with E-state index in [2.05, 4.69) is 10.6 Å². The van der Waals surface area contributed by atoms with Gasteiger partial charge in [0.1, 0.15) is 17.8 Å². The van der Waals surface area contributed by atoms with Crippen LogP contribution in [0.4, 0.5) is 10.5 Å². The Labute approximate surface area is 209 Å². The molecule has 9 heteroatoms. The molecule has 0 spiro atoms. The molecule has 0 saturated carbocycles. The molecule has 2 N–H and O–H groups in total. The number of amides is 5. The molecule has 0 aliphatic carbocycles. The van der Waals surface area contributed by atoms with Gasteiger partial charge in [-0.2, -0.15) is 0 Å². The lowest BCUT2D eigenvalue weighted by Crippen LogP contribution is -2.46. The number of nitrogens with one attached hydrogen (secondary N) is 2. The number of ether oxygens (including phenoxy) is 1. The molecule has 1 aliphatic rings. The summed E-state index contributed by atoms with van der Waals surface area (Å²) in [5.41, 5.74) is -0.202. The molecule has 1 fully saturated rings. The van der Waals surface area contributed by atoms with E-state index in [1.54, 1.807) is 44.2 Å². The summed E-state index contributed by atoms with van der Waals surface area (Å²) < 4.78 is 5.23. The molecule has 186 valence electrons. The standard InChI is InChI=1S/C27H28N4O5/c1-4-30(16-23(32)28-21-11-7-8-12-22(21)36-3)24(33)17-31-25(34)27(2,29-26(31)35)20-14-13-18-9-5-6-10-19(18)15-20/h5-15H,4,16-17H2,1-3H3,(H,28,32)(H,29,35)/t27-/m1/s1. The van der Waals surface area contributed by atoms with E-state index in [1.165, 1.54) is 12.0 Å². The number of hydrogen-bond acceptors (Lipinski definition) is 5. The van der Waals surface area contributed by atoms with E-state index in [0.717, 1.165) is 15.7 Å². The largest absolute Gasteiger partial charge is 0.495 e. The number of para-hydroxylation sites is 2. The number of likely N-dealkylation sites (N-methyl/N-ethyl adjacent to an activating group) is 1. The summed E-state index contributed by atoms with van der Waals surface area (Å²) in [6, 6.07) is 19.5. The maximum absolute atomic E-state index is 13.3. The Bertz CT molecular complexity index is 1340. The molecule has 36 heavy (non-hydrogen) atoms. The van der Waals surface area contributed by atoms with E-state index >= 15 is 0 Å². The molecule has 0 radical (unpaired) electrons. The quantitative estimate of drug-likeness (QED) is 0.474. The molecule has 5 amide bonds. The number of urea groups is 1. The Balaban J connectivity index is 1.45. The Kier molecular flexibility index (Phi) is 6.91. The Hall–Kier alpha value is -4.40. The number of imide groups is 1. The van der Waals surface area contributed by atoms with Crippen LogP contribution in [-0.2, 0) is 19.9 Å². The number of carbonyl (C=O) groups excluding carboxylic acids is 4. The third-order valence-electron chi connectivity index (χ3n) is 6.35. The molecule has 1 aliphatic heterocycles. The van der Waals surface area contributed by atoms with Gasteiger partial charge in [0.25, 0.3) is 5.91 Å². The van der Waals surface area contributed by atoms with E-state index in [9.17, 15) is 19.2 Å². The maximum Gasteiger partial charge on any atom is 0.325 e. The van der Waals surface area contributed by atoms with Crippen molar-refractivity contribution in [2.45, 2.75) is 19.4 Å². The summed E-state index contributed by atoms with van der Waals surface area (Å²) in [4.78, 5) is 53.9. The maximum atomic E-state index is 13.3. The highest BCUT2D eigenvalue weighted by Gasteiger charge is 2.49. The lowest BCUT2D eigenvalue weighted by molar-refractivity contribution is -0.140. The molecule has 9 nitrogen and oxygen atoms in total. The second-order valence-electron chi connectivity index (χ2n) is 8.66. The Morgan fingerprint density at radius 3 is 2.44 bits per heavy atom. The van der Waals surface area contributed by atoms with Gasteiger partial charge in [0.2, 0.25) is 11.8 Å². The van der Waals surface area contributed by atoms with Crippen LogP contribution in [0, 0.1) is 0 Å². The van der Waals surface area contributed by atoms with Crippen LogP contribution in [0.1, 0.15) is 19.4 Å². The monoisotopic (exact) mass is 488 g/mol. The average molecular weight is 489 g/mol. The predicted molar refractivity (Wildman–Crippen MR) is 135 cm³/mol. The third kappa shape index (κ3) is 4.72. The Morgan fingerprint density at radius 2 is 1.72 bits per heavy atom. The number of anilines is 1. The first-order chi connectivity index (χ1) is 17.3. The van der Waals surface area contributed by atoms with Crippen molar-refractivity contribution < 1.29 is 23.9 Å². The van der Waals surface area contributed by atoms with Crippen LogP contribution in [0.25, 0.3) is 10.8 Å². The van der Waals surface area contributed by atoms with E-state index in [0.29, 0.717) is 17.0 Å². The zero-order chi connectivity index (χ0) is 25.9. The highest BCUT2D eigenvalue weighted by Crippen LogP contribution is 2.31. The minimum atomic E-state index is -1.31. The van der Waals surface area contributed by atoms with Crippen LogP contribution < -0.4 is 15.4 Å². The zero-order valence-electron chi connectivity index (χ0n) is 20.4. The minimum Gasteiger partial charge on any atom is -0.495 e. The number of hydrogen-bond donors (Lipinski definition) is 2. The molecule has 0 bridgehead atoms. The predicted octanol–water partition coefficient (Wildman–Crippen LogP) is 3.10. The molecular formula is C27H28N4O5. The number of benzene rings is 3. The zero-order valence-corrected chi connectivity index (χ0v) is 20.4. The van der Waals surface area contributed by atoms with Crippen LogP contribution in [0.5, 0.6) is 5.75 Å². The molecule has 3 aromatic rings. The van der Waals surface area contributed by atoms with Crippen molar-refractivity contribution in [1.82, 2.24) is 15.1 Å². The van der Waals surface area contributed by atoms with Gasteiger partial charge in [0.05, 0.1) is 19.3 Å². The lowest BCUT2D eigenvalue weighted by atomic mass is 9.90. The van der Waals surface area contributed by atoms with E-state index in [-0.39, 0.29) is 13.1 Å². The first-order valence-corrected chi connectivity index (χ1v) is 11.6. The number of carbonyl (C=O) groups is 4. The van der Waals surface area contributed by atoms with Crippen molar-refractivity contribution in [3.05, 3.63) is 72.3 Å². The van der Waals surface area contributed by atoms with E-state index in [4.69, 9.17) is 4.74 Å². The van der Waals surface area contributed by atoms with Crippen molar-refractivity contribution >= 4 is 40.2 Å². The fraction of sp³-hybridized carbons (Fsp3) is 0.259.